The van der Waals surface area contributed by atoms with Crippen molar-refractivity contribution < 1.29 is 13.5 Å². The van der Waals surface area contributed by atoms with Gasteiger partial charge in [0.2, 0.25) is 5.89 Å². The van der Waals surface area contributed by atoms with Gasteiger partial charge in [-0.2, -0.15) is 5.26 Å². The normalized spacial score (nSPS) is 11.8. The van der Waals surface area contributed by atoms with Crippen LogP contribution < -0.4 is 0 Å². The summed E-state index contributed by atoms with van der Waals surface area (Å²) in [6.45, 7) is 3.26. The topological polar surface area (TPSA) is 98.0 Å². The fraction of sp³-hybridized carbons (Fsp3) is 0.200. The van der Waals surface area contributed by atoms with Gasteiger partial charge < -0.3 is 13.5 Å². The Hall–Kier alpha value is -2.56. The minimum absolute atomic E-state index is 0.00667. The summed E-state index contributed by atoms with van der Waals surface area (Å²) in [5.74, 6) is 0.697. The number of nitrogens with zero attached hydrogens (tertiary/aromatic N) is 4. The molecule has 0 aromatic carbocycles. The summed E-state index contributed by atoms with van der Waals surface area (Å²) in [4.78, 5) is 4.01. The van der Waals surface area contributed by atoms with E-state index in [9.17, 15) is 0 Å². The monoisotopic (exact) mass is 242 g/mol. The van der Waals surface area contributed by atoms with Crippen molar-refractivity contribution in [1.29, 1.82) is 5.26 Å². The van der Waals surface area contributed by atoms with Crippen LogP contribution in [0.4, 0.5) is 0 Å². The van der Waals surface area contributed by atoms with Crippen LogP contribution in [0, 0.1) is 25.2 Å². The van der Waals surface area contributed by atoms with Gasteiger partial charge in [0.1, 0.15) is 23.6 Å². The Kier molecular flexibility index (Phi) is 3.14. The maximum atomic E-state index is 9.14. The lowest BCUT2D eigenvalue weighted by Gasteiger charge is -2.03. The van der Waals surface area contributed by atoms with Gasteiger partial charge in [0.15, 0.2) is 11.6 Å². The van der Waals surface area contributed by atoms with E-state index < -0.39 is 0 Å². The summed E-state index contributed by atoms with van der Waals surface area (Å²) in [6.07, 6.45) is 1.32. The highest BCUT2D eigenvalue weighted by Crippen LogP contribution is 2.25. The third-order valence-corrected chi connectivity index (χ3v) is 2.05. The number of allylic oxidation sites excluding steroid dienone is 1. The lowest BCUT2D eigenvalue weighted by atomic mass is 10.2. The van der Waals surface area contributed by atoms with Crippen molar-refractivity contribution in [3.63, 3.8) is 0 Å². The fourth-order valence-corrected chi connectivity index (χ4v) is 1.31. The number of oxazole rings is 1. The molecule has 0 spiro atoms. The van der Waals surface area contributed by atoms with Crippen LogP contribution in [-0.2, 0) is 4.65 Å². The predicted octanol–water partition coefficient (Wildman–Crippen LogP) is 1.17. The molecule has 2 aromatic heterocycles. The van der Waals surface area contributed by atoms with Crippen LogP contribution in [0.5, 0.6) is 0 Å². The largest absolute Gasteiger partial charge is 0.563 e. The summed E-state index contributed by atoms with van der Waals surface area (Å²) in [5.41, 5.74) is 0.337. The van der Waals surface area contributed by atoms with Crippen molar-refractivity contribution in [2.45, 2.75) is 13.8 Å². The zero-order valence-corrected chi connectivity index (χ0v) is 9.67. The quantitative estimate of drug-likeness (QED) is 0.452. The highest BCUT2D eigenvalue weighted by Gasteiger charge is 2.19. The predicted molar refractivity (Wildman–Crippen MR) is 59.5 cm³/mol. The molecule has 18 heavy (non-hydrogen) atoms. The fourth-order valence-electron chi connectivity index (χ4n) is 1.31. The van der Waals surface area contributed by atoms with Gasteiger partial charge in [-0.3, -0.25) is 0 Å². The van der Waals surface area contributed by atoms with Gasteiger partial charge >= 0.3 is 8.05 Å². The lowest BCUT2D eigenvalue weighted by molar-refractivity contribution is 0.464. The Balaban J connectivity index is 2.56. The van der Waals surface area contributed by atoms with Gasteiger partial charge in [-0.1, -0.05) is 0 Å². The van der Waals surface area contributed by atoms with E-state index in [0.717, 1.165) is 0 Å². The van der Waals surface area contributed by atoms with Gasteiger partial charge in [-0.15, -0.1) is 10.2 Å². The van der Waals surface area contributed by atoms with E-state index in [2.05, 4.69) is 19.8 Å². The van der Waals surface area contributed by atoms with E-state index in [1.807, 2.05) is 6.07 Å². The smallest absolute Gasteiger partial charge is 0.374 e. The molecule has 0 unspecified atom stereocenters. The molecule has 2 radical (unpaired) electrons. The number of rotatable bonds is 3. The van der Waals surface area contributed by atoms with Crippen LogP contribution in [0.3, 0.4) is 0 Å². The molecule has 2 aromatic rings. The van der Waals surface area contributed by atoms with Gasteiger partial charge in [0.25, 0.3) is 5.89 Å². The number of aromatic nitrogens is 3. The van der Waals surface area contributed by atoms with Crippen LogP contribution in [-0.4, -0.2) is 23.2 Å². The molecule has 0 amide bonds. The second-order valence-electron chi connectivity index (χ2n) is 3.31. The first-order valence-corrected chi connectivity index (χ1v) is 4.89. The minimum atomic E-state index is -0.0496. The Bertz CT molecular complexity index is 638. The molecule has 0 aliphatic rings. The molecule has 2 rings (SSSR count). The van der Waals surface area contributed by atoms with E-state index >= 15 is 0 Å². The maximum absolute atomic E-state index is 9.14. The summed E-state index contributed by atoms with van der Waals surface area (Å²) >= 11 is 0. The van der Waals surface area contributed by atoms with Crippen molar-refractivity contribution in [3.05, 3.63) is 29.6 Å². The Labute approximate surface area is 104 Å². The number of hydrogen-bond acceptors (Lipinski definition) is 7. The maximum Gasteiger partial charge on any atom is 0.374 e. The first kappa shape index (κ1) is 11.9. The van der Waals surface area contributed by atoms with Crippen molar-refractivity contribution in [1.82, 2.24) is 15.2 Å². The van der Waals surface area contributed by atoms with E-state index in [-0.39, 0.29) is 22.9 Å². The van der Waals surface area contributed by atoms with Gasteiger partial charge in [0, 0.05) is 13.8 Å². The van der Waals surface area contributed by atoms with E-state index in [1.54, 1.807) is 13.8 Å². The third kappa shape index (κ3) is 2.11. The SMILES string of the molecule is [B]OC(=C(C#N)c1coc(C)n1)c1nnc(C)o1. The average molecular weight is 242 g/mol. The van der Waals surface area contributed by atoms with Crippen molar-refractivity contribution >= 4 is 19.4 Å². The molecule has 0 atom stereocenters. The first-order chi connectivity index (χ1) is 8.65. The van der Waals surface area contributed by atoms with Crippen molar-refractivity contribution in [3.8, 4) is 6.07 Å². The molecule has 0 N–H and O–H groups in total. The van der Waals surface area contributed by atoms with E-state index in [4.69, 9.17) is 22.1 Å². The summed E-state index contributed by atoms with van der Waals surface area (Å²) in [7, 11) is 5.14. The Morgan fingerprint density at radius 3 is 2.61 bits per heavy atom. The van der Waals surface area contributed by atoms with Crippen molar-refractivity contribution in [2.75, 3.05) is 0 Å². The highest BCUT2D eigenvalue weighted by molar-refractivity contribution is 6.05. The second-order valence-corrected chi connectivity index (χ2v) is 3.31. The number of hydrogen-bond donors (Lipinski definition) is 0. The zero-order chi connectivity index (χ0) is 13.1. The lowest BCUT2D eigenvalue weighted by Crippen LogP contribution is -1.95. The molecule has 0 saturated carbocycles. The minimum Gasteiger partial charge on any atom is -0.563 e. The Morgan fingerprint density at radius 2 is 2.17 bits per heavy atom. The van der Waals surface area contributed by atoms with Crippen LogP contribution in [0.1, 0.15) is 23.4 Å². The summed E-state index contributed by atoms with van der Waals surface area (Å²) in [5, 5.41) is 16.5. The highest BCUT2D eigenvalue weighted by atomic mass is 16.5. The summed E-state index contributed by atoms with van der Waals surface area (Å²) in [6, 6.07) is 1.91. The van der Waals surface area contributed by atoms with Gasteiger partial charge in [-0.25, -0.2) is 4.98 Å². The zero-order valence-electron chi connectivity index (χ0n) is 9.67. The molecule has 0 aliphatic carbocycles. The van der Waals surface area contributed by atoms with Crippen LogP contribution >= 0.6 is 0 Å². The molecular weight excluding hydrogens is 235 g/mol. The summed E-state index contributed by atoms with van der Waals surface area (Å²) < 4.78 is 14.8. The molecule has 7 nitrogen and oxygen atoms in total. The van der Waals surface area contributed by atoms with Gasteiger partial charge in [-0.05, 0) is 0 Å². The van der Waals surface area contributed by atoms with Crippen LogP contribution in [0.15, 0.2) is 15.1 Å². The van der Waals surface area contributed by atoms with Crippen molar-refractivity contribution in [2.24, 2.45) is 0 Å². The standard InChI is InChI=1S/C10H7BN4O3/c1-5-13-8(4-16-5)7(3-12)9(18-11)10-15-14-6(2)17-10/h4H,1-2H3. The molecule has 0 aliphatic heterocycles. The van der Waals surface area contributed by atoms with Gasteiger partial charge in [0.05, 0.1) is 0 Å². The second kappa shape index (κ2) is 4.75. The third-order valence-electron chi connectivity index (χ3n) is 2.05. The average Bonchev–Trinajstić information content (AvgIpc) is 2.95. The Morgan fingerprint density at radius 1 is 1.39 bits per heavy atom. The van der Waals surface area contributed by atoms with Crippen LogP contribution in [0.25, 0.3) is 11.3 Å². The van der Waals surface area contributed by atoms with Crippen LogP contribution in [0.2, 0.25) is 0 Å². The molecule has 0 saturated heterocycles. The molecule has 2 heterocycles. The number of aryl methyl sites for hydroxylation is 2. The molecule has 8 heteroatoms. The first-order valence-electron chi connectivity index (χ1n) is 4.89. The molecule has 0 bridgehead atoms. The molecular formula is C10H7BN4O3. The van der Waals surface area contributed by atoms with E-state index in [0.29, 0.717) is 11.8 Å². The number of nitriles is 1. The molecule has 0 fully saturated rings. The van der Waals surface area contributed by atoms with E-state index in [1.165, 1.54) is 6.26 Å². The molecule has 88 valence electrons.